The first-order valence-electron chi connectivity index (χ1n) is 18.1. The van der Waals surface area contributed by atoms with E-state index in [-0.39, 0.29) is 24.4 Å². The number of rotatable bonds is 8. The van der Waals surface area contributed by atoms with Gasteiger partial charge in [-0.25, -0.2) is 0 Å². The van der Waals surface area contributed by atoms with Crippen LogP contribution in [0.15, 0.2) is 70.8 Å². The van der Waals surface area contributed by atoms with Crippen LogP contribution in [-0.4, -0.2) is 34.2 Å². The van der Waals surface area contributed by atoms with E-state index in [4.69, 9.17) is 28.4 Å². The summed E-state index contributed by atoms with van der Waals surface area (Å²) in [7, 11) is 6.86. The normalized spacial score (nSPS) is 27.0. The fourth-order valence-corrected chi connectivity index (χ4v) is 10.4. The largest absolute Gasteiger partial charge is 0.496 e. The molecule has 6 aliphatic rings. The summed E-state index contributed by atoms with van der Waals surface area (Å²) >= 11 is 0. The van der Waals surface area contributed by atoms with E-state index in [1.807, 2.05) is 24.3 Å². The van der Waals surface area contributed by atoms with Crippen molar-refractivity contribution in [1.82, 2.24) is 0 Å². The molecule has 0 radical (unpaired) electrons. The highest BCUT2D eigenvalue weighted by Crippen LogP contribution is 2.62. The number of ether oxygens (including phenoxy) is 6. The van der Waals surface area contributed by atoms with Gasteiger partial charge in [0, 0.05) is 34.4 Å². The molecule has 0 saturated carbocycles. The summed E-state index contributed by atoms with van der Waals surface area (Å²) in [6.45, 7) is 0. The number of carbonyl (C=O) groups excluding carboxylic acids is 1. The van der Waals surface area contributed by atoms with Gasteiger partial charge in [0.2, 0.25) is 0 Å². The highest BCUT2D eigenvalue weighted by molar-refractivity contribution is 5.96. The van der Waals surface area contributed by atoms with Crippen molar-refractivity contribution in [3.8, 4) is 23.0 Å². The number of hydrogen-bond acceptors (Lipinski definition) is 7. The van der Waals surface area contributed by atoms with Gasteiger partial charge in [-0.1, -0.05) is 0 Å². The number of carbonyl (C=O) groups is 1. The Morgan fingerprint density at radius 2 is 0.860 bits per heavy atom. The van der Waals surface area contributed by atoms with E-state index in [1.165, 1.54) is 44.5 Å². The first-order valence-corrected chi connectivity index (χ1v) is 18.1. The minimum atomic E-state index is -0.0224. The molecule has 6 unspecified atom stereocenters. The predicted molar refractivity (Wildman–Crippen MR) is 190 cm³/mol. The monoisotopic (exact) mass is 670 g/mol. The molecular formula is C43H42O7. The summed E-state index contributed by atoms with van der Waals surface area (Å²) in [5, 5.41) is 4.22. The second-order valence-electron chi connectivity index (χ2n) is 15.1. The molecule has 0 fully saturated rings. The van der Waals surface area contributed by atoms with Crippen molar-refractivity contribution in [1.29, 1.82) is 0 Å². The van der Waals surface area contributed by atoms with Gasteiger partial charge >= 0.3 is 0 Å². The molecule has 10 rings (SSSR count). The molecule has 50 heavy (non-hydrogen) atoms. The molecule has 0 amide bonds. The second-order valence-corrected chi connectivity index (χ2v) is 15.1. The summed E-state index contributed by atoms with van der Waals surface area (Å²) in [6.07, 6.45) is 7.31. The van der Waals surface area contributed by atoms with Gasteiger partial charge in [0.1, 0.15) is 53.2 Å². The fourth-order valence-electron chi connectivity index (χ4n) is 10.4. The van der Waals surface area contributed by atoms with Crippen molar-refractivity contribution in [3.05, 3.63) is 93.1 Å². The Labute approximate surface area is 292 Å². The fraction of sp³-hybridized carbons (Fsp3) is 0.419. The molecule has 6 atom stereocenters. The molecule has 4 aliphatic heterocycles. The summed E-state index contributed by atoms with van der Waals surface area (Å²) in [6, 6.07) is 16.9. The van der Waals surface area contributed by atoms with Gasteiger partial charge in [0.25, 0.3) is 0 Å². The lowest BCUT2D eigenvalue weighted by molar-refractivity contribution is -0.121. The SMILES string of the molecule is COc1ccc(OC)c2cc3c(cc12)C1OC3C2=C1CCC(CC(=O)CC1CCC3=C(C1)C1OC3c3cc4c(OC)ccc(OC)c4cc31)C2. The van der Waals surface area contributed by atoms with E-state index < -0.39 is 0 Å². The second kappa shape index (κ2) is 11.3. The van der Waals surface area contributed by atoms with Crippen LogP contribution < -0.4 is 18.9 Å². The third kappa shape index (κ3) is 4.32. The Morgan fingerprint density at radius 1 is 0.540 bits per heavy atom. The van der Waals surface area contributed by atoms with Crippen molar-refractivity contribution < 1.29 is 33.2 Å². The molecule has 0 aromatic heterocycles. The lowest BCUT2D eigenvalue weighted by atomic mass is 9.72. The third-order valence-corrected chi connectivity index (χ3v) is 12.6. The molecule has 0 saturated heterocycles. The van der Waals surface area contributed by atoms with Crippen LogP contribution in [0.2, 0.25) is 0 Å². The summed E-state index contributed by atoms with van der Waals surface area (Å²) in [4.78, 5) is 13.7. The Hall–Kier alpha value is -4.33. The topological polar surface area (TPSA) is 72.5 Å². The maximum absolute atomic E-state index is 13.7. The Balaban J connectivity index is 0.829. The van der Waals surface area contributed by atoms with Crippen LogP contribution in [0.3, 0.4) is 0 Å². The lowest BCUT2D eigenvalue weighted by Crippen LogP contribution is -2.21. The van der Waals surface area contributed by atoms with Crippen molar-refractivity contribution in [3.63, 3.8) is 0 Å². The summed E-state index contributed by atoms with van der Waals surface area (Å²) < 4.78 is 36.1. The maximum Gasteiger partial charge on any atom is 0.133 e. The molecule has 4 aromatic carbocycles. The van der Waals surface area contributed by atoms with E-state index in [1.54, 1.807) is 28.4 Å². The molecule has 0 N–H and O–H groups in total. The Kier molecular flexibility index (Phi) is 6.92. The molecule has 4 heterocycles. The molecule has 4 bridgehead atoms. The quantitative estimate of drug-likeness (QED) is 0.173. The van der Waals surface area contributed by atoms with Gasteiger partial charge in [-0.05, 0) is 143 Å². The first-order chi connectivity index (χ1) is 24.5. The average Bonchev–Trinajstić information content (AvgIpc) is 3.90. The molecule has 7 nitrogen and oxygen atoms in total. The number of hydrogen-bond donors (Lipinski definition) is 0. The van der Waals surface area contributed by atoms with Crippen LogP contribution in [0.4, 0.5) is 0 Å². The van der Waals surface area contributed by atoms with Gasteiger partial charge < -0.3 is 28.4 Å². The molecule has 4 aromatic rings. The van der Waals surface area contributed by atoms with E-state index in [0.29, 0.717) is 30.5 Å². The van der Waals surface area contributed by atoms with Gasteiger partial charge in [0.05, 0.1) is 28.4 Å². The van der Waals surface area contributed by atoms with Crippen molar-refractivity contribution in [2.75, 3.05) is 28.4 Å². The number of ketones is 1. The van der Waals surface area contributed by atoms with Crippen molar-refractivity contribution in [2.45, 2.75) is 75.8 Å². The highest BCUT2D eigenvalue weighted by atomic mass is 16.5. The van der Waals surface area contributed by atoms with Crippen LogP contribution in [0.5, 0.6) is 23.0 Å². The Morgan fingerprint density at radius 3 is 1.18 bits per heavy atom. The molecular weight excluding hydrogens is 628 g/mol. The van der Waals surface area contributed by atoms with Gasteiger partial charge in [-0.2, -0.15) is 0 Å². The number of benzene rings is 4. The van der Waals surface area contributed by atoms with Crippen LogP contribution >= 0.6 is 0 Å². The zero-order chi connectivity index (χ0) is 33.8. The Bertz CT molecular complexity index is 2040. The van der Waals surface area contributed by atoms with Crippen molar-refractivity contribution >= 4 is 27.3 Å². The third-order valence-electron chi connectivity index (χ3n) is 12.6. The smallest absolute Gasteiger partial charge is 0.133 e. The predicted octanol–water partition coefficient (Wildman–Crippen LogP) is 9.52. The lowest BCUT2D eigenvalue weighted by Gasteiger charge is -2.31. The standard InChI is InChI=1S/C43H42O7/c1-45-36-9-11-38(47-3)28-19-34-32(17-26(28)36)40-24-7-5-21(15-30(24)42(34)49-40)13-23(44)14-22-6-8-25-31(16-22)43-35-20-29-27(18-33(35)41(25)50-43)37(46-2)10-12-39(29)48-4/h9-12,17-22,40-43H,5-8,13-16H2,1-4H3. The van der Waals surface area contributed by atoms with Crippen LogP contribution in [0.1, 0.15) is 98.0 Å². The van der Waals surface area contributed by atoms with E-state index >= 15 is 0 Å². The minimum absolute atomic E-state index is 0.0156. The molecule has 256 valence electrons. The summed E-state index contributed by atoms with van der Waals surface area (Å²) in [5.41, 5.74) is 10.7. The van der Waals surface area contributed by atoms with Gasteiger partial charge in [0.15, 0.2) is 0 Å². The van der Waals surface area contributed by atoms with E-state index in [0.717, 1.165) is 83.1 Å². The zero-order valence-corrected chi connectivity index (χ0v) is 29.1. The van der Waals surface area contributed by atoms with Crippen LogP contribution in [0.25, 0.3) is 21.5 Å². The minimum Gasteiger partial charge on any atom is -0.496 e. The van der Waals surface area contributed by atoms with E-state index in [9.17, 15) is 4.79 Å². The number of fused-ring (bicyclic) bond motifs is 16. The van der Waals surface area contributed by atoms with Crippen molar-refractivity contribution in [2.24, 2.45) is 11.8 Å². The first kappa shape index (κ1) is 30.5. The molecule has 2 aliphatic carbocycles. The zero-order valence-electron chi connectivity index (χ0n) is 29.1. The summed E-state index contributed by atoms with van der Waals surface area (Å²) in [5.74, 6) is 4.54. The highest BCUT2D eigenvalue weighted by Gasteiger charge is 2.48. The average molecular weight is 671 g/mol. The molecule has 7 heteroatoms. The van der Waals surface area contributed by atoms with Crippen LogP contribution in [-0.2, 0) is 14.3 Å². The molecule has 0 spiro atoms. The van der Waals surface area contributed by atoms with E-state index in [2.05, 4.69) is 24.3 Å². The number of methoxy groups -OCH3 is 4. The number of Topliss-reactive ketones (excluding diaryl/α,β-unsaturated/α-hetero) is 1. The maximum atomic E-state index is 13.7. The van der Waals surface area contributed by atoms with Gasteiger partial charge in [-0.15, -0.1) is 0 Å². The van der Waals surface area contributed by atoms with Crippen LogP contribution in [0, 0.1) is 11.8 Å². The van der Waals surface area contributed by atoms with Gasteiger partial charge in [-0.3, -0.25) is 4.79 Å².